The molecule has 0 radical (unpaired) electrons. The lowest BCUT2D eigenvalue weighted by molar-refractivity contribution is 0.501. The highest BCUT2D eigenvalue weighted by Gasteiger charge is 2.19. The minimum Gasteiger partial charge on any atom is -0.408 e. The van der Waals surface area contributed by atoms with Crippen molar-refractivity contribution in [1.82, 2.24) is 24.1 Å². The van der Waals surface area contributed by atoms with Crippen molar-refractivity contribution in [2.24, 2.45) is 0 Å². The van der Waals surface area contributed by atoms with Crippen LogP contribution in [0.2, 0.25) is 0 Å². The third-order valence-electron chi connectivity index (χ3n) is 3.81. The molecule has 0 aliphatic heterocycles. The van der Waals surface area contributed by atoms with Crippen LogP contribution in [-0.4, -0.2) is 24.1 Å². The second-order valence-corrected chi connectivity index (χ2v) is 5.16. The van der Waals surface area contributed by atoms with Crippen LogP contribution < -0.4 is 0 Å². The van der Waals surface area contributed by atoms with Gasteiger partial charge in [0.15, 0.2) is 0 Å². The molecule has 5 rings (SSSR count). The van der Waals surface area contributed by atoms with E-state index in [1.807, 2.05) is 41.0 Å². The van der Waals surface area contributed by atoms with Crippen LogP contribution in [0.4, 0.5) is 0 Å². The van der Waals surface area contributed by atoms with Crippen LogP contribution in [0.25, 0.3) is 33.9 Å². The van der Waals surface area contributed by atoms with E-state index in [9.17, 15) is 0 Å². The van der Waals surface area contributed by atoms with Gasteiger partial charge in [0.25, 0.3) is 0 Å². The lowest BCUT2D eigenvalue weighted by atomic mass is 10.3. The van der Waals surface area contributed by atoms with Crippen molar-refractivity contribution in [2.75, 3.05) is 0 Å². The number of nitrogens with zero attached hydrogens (tertiary/aromatic N) is 5. The number of para-hydroxylation sites is 4. The molecule has 3 aromatic heterocycles. The van der Waals surface area contributed by atoms with Gasteiger partial charge in [-0.3, -0.25) is 4.40 Å². The van der Waals surface area contributed by atoms with Gasteiger partial charge < -0.3 is 4.42 Å². The molecule has 0 spiro atoms. The van der Waals surface area contributed by atoms with Gasteiger partial charge in [0.1, 0.15) is 0 Å². The summed E-state index contributed by atoms with van der Waals surface area (Å²) in [5.41, 5.74) is 4.04. The number of rotatable bonds is 1. The molecule has 0 bridgehead atoms. The molecule has 0 saturated carbocycles. The maximum Gasteiger partial charge on any atom is 0.330 e. The molecule has 2 aromatic carbocycles. The normalized spacial score (nSPS) is 11.9. The zero-order valence-corrected chi connectivity index (χ0v) is 11.8. The molecule has 0 saturated heterocycles. The van der Waals surface area contributed by atoms with Crippen LogP contribution in [0.5, 0.6) is 0 Å². The summed E-state index contributed by atoms with van der Waals surface area (Å²) in [4.78, 5) is 4.74. The first kappa shape index (κ1) is 11.5. The highest BCUT2D eigenvalue weighted by Crippen LogP contribution is 2.28. The highest BCUT2D eigenvalue weighted by molar-refractivity contribution is 5.91. The van der Waals surface area contributed by atoms with Gasteiger partial charge in [0, 0.05) is 6.92 Å². The van der Waals surface area contributed by atoms with Crippen LogP contribution >= 0.6 is 0 Å². The van der Waals surface area contributed by atoms with Crippen molar-refractivity contribution in [3.05, 3.63) is 54.4 Å². The van der Waals surface area contributed by atoms with Crippen molar-refractivity contribution in [1.29, 1.82) is 0 Å². The summed E-state index contributed by atoms with van der Waals surface area (Å²) in [7, 11) is 0. The largest absolute Gasteiger partial charge is 0.408 e. The average Bonchev–Trinajstić information content (AvgIpc) is 3.19. The Bertz CT molecular complexity index is 1150. The molecule has 6 heteroatoms. The molecule has 3 heterocycles. The summed E-state index contributed by atoms with van der Waals surface area (Å²) in [6.45, 7) is 1.78. The van der Waals surface area contributed by atoms with E-state index in [2.05, 4.69) is 26.7 Å². The number of hydrogen-bond donors (Lipinski definition) is 0. The fraction of sp³-hybridized carbons (Fsp3) is 0.0625. The number of aromatic nitrogens is 5. The van der Waals surface area contributed by atoms with Crippen molar-refractivity contribution in [2.45, 2.75) is 6.92 Å². The Balaban J connectivity index is 2.06. The zero-order chi connectivity index (χ0) is 14.7. The molecule has 0 atom stereocenters. The first-order valence-electron chi connectivity index (χ1n) is 7.00. The number of fused-ring (bicyclic) bond motifs is 5. The fourth-order valence-electron chi connectivity index (χ4n) is 2.92. The quantitative estimate of drug-likeness (QED) is 0.475. The molecule has 22 heavy (non-hydrogen) atoms. The maximum atomic E-state index is 5.63. The van der Waals surface area contributed by atoms with Gasteiger partial charge in [-0.05, 0) is 24.3 Å². The minimum atomic E-state index is 0.430. The van der Waals surface area contributed by atoms with E-state index < -0.39 is 0 Å². The molecular weight excluding hydrogens is 278 g/mol. The van der Waals surface area contributed by atoms with Crippen molar-refractivity contribution in [3.63, 3.8) is 0 Å². The fourth-order valence-corrected chi connectivity index (χ4v) is 2.92. The van der Waals surface area contributed by atoms with Crippen LogP contribution in [0.3, 0.4) is 0 Å². The Morgan fingerprint density at radius 1 is 0.864 bits per heavy atom. The van der Waals surface area contributed by atoms with Gasteiger partial charge >= 0.3 is 6.01 Å². The molecular formula is C16H11N5O. The Kier molecular flexibility index (Phi) is 2.06. The molecule has 0 N–H and O–H groups in total. The lowest BCUT2D eigenvalue weighted by Crippen LogP contribution is -1.95. The molecule has 6 nitrogen and oxygen atoms in total. The number of imidazole rings is 2. The summed E-state index contributed by atoms with van der Waals surface area (Å²) >= 11 is 0. The van der Waals surface area contributed by atoms with Gasteiger partial charge in [0.05, 0.1) is 22.1 Å². The van der Waals surface area contributed by atoms with E-state index >= 15 is 0 Å². The van der Waals surface area contributed by atoms with Crippen LogP contribution in [-0.2, 0) is 0 Å². The first-order valence-corrected chi connectivity index (χ1v) is 7.00. The lowest BCUT2D eigenvalue weighted by Gasteiger charge is -1.97. The Morgan fingerprint density at radius 2 is 1.59 bits per heavy atom. The van der Waals surface area contributed by atoms with Crippen LogP contribution in [0.1, 0.15) is 5.89 Å². The average molecular weight is 289 g/mol. The summed E-state index contributed by atoms with van der Waals surface area (Å²) < 4.78 is 9.64. The van der Waals surface area contributed by atoms with Crippen molar-refractivity contribution >= 4 is 27.8 Å². The minimum absolute atomic E-state index is 0.430. The van der Waals surface area contributed by atoms with E-state index in [0.717, 1.165) is 27.8 Å². The molecule has 0 aliphatic carbocycles. The smallest absolute Gasteiger partial charge is 0.330 e. The molecule has 0 unspecified atom stereocenters. The monoisotopic (exact) mass is 289 g/mol. The molecule has 5 aromatic rings. The maximum absolute atomic E-state index is 5.63. The molecule has 106 valence electrons. The predicted molar refractivity (Wildman–Crippen MR) is 82.1 cm³/mol. The number of hydrogen-bond acceptors (Lipinski definition) is 4. The highest BCUT2D eigenvalue weighted by atomic mass is 16.4. The van der Waals surface area contributed by atoms with Crippen molar-refractivity contribution < 1.29 is 4.42 Å². The SMILES string of the molecule is Cc1nnc(-n2c3ccccc3n3c4ccccc4nc23)o1. The molecule has 0 aliphatic rings. The van der Waals surface area contributed by atoms with E-state index in [4.69, 9.17) is 9.40 Å². The van der Waals surface area contributed by atoms with Gasteiger partial charge in [-0.25, -0.2) is 9.55 Å². The molecule has 0 amide bonds. The zero-order valence-electron chi connectivity index (χ0n) is 11.8. The number of aryl methyl sites for hydroxylation is 1. The van der Waals surface area contributed by atoms with Crippen LogP contribution in [0.15, 0.2) is 52.9 Å². The van der Waals surface area contributed by atoms with E-state index in [0.29, 0.717) is 11.9 Å². The van der Waals surface area contributed by atoms with E-state index in [1.165, 1.54) is 0 Å². The second kappa shape index (κ2) is 3.94. The Morgan fingerprint density at radius 3 is 2.36 bits per heavy atom. The summed E-state index contributed by atoms with van der Waals surface area (Å²) in [5, 5.41) is 8.09. The summed E-state index contributed by atoms with van der Waals surface area (Å²) in [6.07, 6.45) is 0. The van der Waals surface area contributed by atoms with Gasteiger partial charge in [-0.2, -0.15) is 0 Å². The summed E-state index contributed by atoms with van der Waals surface area (Å²) in [5.74, 6) is 1.30. The van der Waals surface area contributed by atoms with Gasteiger partial charge in [0.2, 0.25) is 11.7 Å². The van der Waals surface area contributed by atoms with Gasteiger partial charge in [-0.1, -0.05) is 29.4 Å². The van der Waals surface area contributed by atoms with Crippen molar-refractivity contribution in [3.8, 4) is 6.01 Å². The Hall–Kier alpha value is -3.15. The van der Waals surface area contributed by atoms with Crippen LogP contribution in [0, 0.1) is 6.92 Å². The van der Waals surface area contributed by atoms with Gasteiger partial charge in [-0.15, -0.1) is 5.10 Å². The topological polar surface area (TPSA) is 61.2 Å². The number of benzene rings is 2. The first-order chi connectivity index (χ1) is 10.8. The predicted octanol–water partition coefficient (Wildman–Crippen LogP) is 3.12. The van der Waals surface area contributed by atoms with E-state index in [1.54, 1.807) is 6.92 Å². The molecule has 0 fully saturated rings. The van der Waals surface area contributed by atoms with E-state index in [-0.39, 0.29) is 0 Å². The summed E-state index contributed by atoms with van der Waals surface area (Å²) in [6, 6.07) is 16.6. The standard InChI is InChI=1S/C16H11N5O/c1-10-18-19-16(22-10)21-14-9-5-4-8-13(14)20-12-7-3-2-6-11(12)17-15(20)21/h2-9H,1H3. The second-order valence-electron chi connectivity index (χ2n) is 5.16. The third-order valence-corrected chi connectivity index (χ3v) is 3.81. The third kappa shape index (κ3) is 1.36. The Labute approximate surface area is 124 Å².